The SMILES string of the molecule is CCCNC(=O)C(C)N(Cc1ccccc1C)C(=O)CN(c1ccccc1OCC)S(=O)(=O)c1ccccc1. The van der Waals surface area contributed by atoms with Gasteiger partial charge in [0.25, 0.3) is 10.0 Å². The van der Waals surface area contributed by atoms with E-state index in [1.807, 2.05) is 38.1 Å². The zero-order valence-electron chi connectivity index (χ0n) is 23.0. The maximum atomic E-state index is 14.0. The first-order valence-electron chi connectivity index (χ1n) is 13.1. The van der Waals surface area contributed by atoms with E-state index in [2.05, 4.69) is 5.32 Å². The van der Waals surface area contributed by atoms with Crippen LogP contribution in [-0.4, -0.2) is 50.9 Å². The maximum Gasteiger partial charge on any atom is 0.264 e. The smallest absolute Gasteiger partial charge is 0.264 e. The molecule has 0 fully saturated rings. The molecule has 1 atom stereocenters. The number of sulfonamides is 1. The third-order valence-corrected chi connectivity index (χ3v) is 8.14. The Kier molecular flexibility index (Phi) is 10.5. The second-order valence-electron chi connectivity index (χ2n) is 9.14. The van der Waals surface area contributed by atoms with E-state index in [1.54, 1.807) is 56.3 Å². The summed E-state index contributed by atoms with van der Waals surface area (Å²) in [6.45, 7) is 7.78. The highest BCUT2D eigenvalue weighted by Gasteiger charge is 2.33. The van der Waals surface area contributed by atoms with Gasteiger partial charge >= 0.3 is 0 Å². The van der Waals surface area contributed by atoms with Crippen molar-refractivity contribution in [2.45, 2.75) is 51.6 Å². The molecule has 0 saturated carbocycles. The molecule has 3 aromatic carbocycles. The molecule has 208 valence electrons. The van der Waals surface area contributed by atoms with Crippen molar-refractivity contribution in [2.24, 2.45) is 0 Å². The van der Waals surface area contributed by atoms with Crippen LogP contribution >= 0.6 is 0 Å². The van der Waals surface area contributed by atoms with E-state index in [1.165, 1.54) is 17.0 Å². The highest BCUT2D eigenvalue weighted by Crippen LogP contribution is 2.33. The number of hydrogen-bond acceptors (Lipinski definition) is 5. The van der Waals surface area contributed by atoms with Crippen molar-refractivity contribution < 1.29 is 22.7 Å². The lowest BCUT2D eigenvalue weighted by molar-refractivity contribution is -0.139. The van der Waals surface area contributed by atoms with Gasteiger partial charge in [0, 0.05) is 13.1 Å². The average Bonchev–Trinajstić information content (AvgIpc) is 2.94. The van der Waals surface area contributed by atoms with Crippen LogP contribution < -0.4 is 14.4 Å². The highest BCUT2D eigenvalue weighted by molar-refractivity contribution is 7.92. The number of amides is 2. The first-order valence-corrected chi connectivity index (χ1v) is 14.6. The molecule has 0 bridgehead atoms. The Morgan fingerprint density at radius 3 is 2.23 bits per heavy atom. The second kappa shape index (κ2) is 13.8. The van der Waals surface area contributed by atoms with E-state index >= 15 is 0 Å². The fraction of sp³-hybridized carbons (Fsp3) is 0.333. The predicted octanol–water partition coefficient (Wildman–Crippen LogP) is 4.53. The number of benzene rings is 3. The highest BCUT2D eigenvalue weighted by atomic mass is 32.2. The van der Waals surface area contributed by atoms with Crippen molar-refractivity contribution in [1.29, 1.82) is 0 Å². The monoisotopic (exact) mass is 551 g/mol. The van der Waals surface area contributed by atoms with Crippen molar-refractivity contribution in [3.8, 4) is 5.75 Å². The third kappa shape index (κ3) is 7.38. The van der Waals surface area contributed by atoms with Crippen LogP contribution in [0.25, 0.3) is 0 Å². The van der Waals surface area contributed by atoms with Gasteiger partial charge in [-0.1, -0.05) is 61.5 Å². The summed E-state index contributed by atoms with van der Waals surface area (Å²) in [6, 6.07) is 21.5. The largest absolute Gasteiger partial charge is 0.492 e. The summed E-state index contributed by atoms with van der Waals surface area (Å²) in [5, 5.41) is 2.85. The molecule has 0 spiro atoms. The molecule has 8 nitrogen and oxygen atoms in total. The Balaban J connectivity index is 2.07. The molecule has 39 heavy (non-hydrogen) atoms. The molecular weight excluding hydrogens is 514 g/mol. The molecule has 0 heterocycles. The number of para-hydroxylation sites is 2. The fourth-order valence-electron chi connectivity index (χ4n) is 4.12. The summed E-state index contributed by atoms with van der Waals surface area (Å²) in [4.78, 5) is 28.5. The summed E-state index contributed by atoms with van der Waals surface area (Å²) >= 11 is 0. The number of aryl methyl sites for hydroxylation is 1. The Morgan fingerprint density at radius 1 is 0.923 bits per heavy atom. The van der Waals surface area contributed by atoms with E-state index < -0.39 is 28.5 Å². The number of carbonyl (C=O) groups is 2. The Hall–Kier alpha value is -3.85. The van der Waals surface area contributed by atoms with Gasteiger partial charge in [-0.15, -0.1) is 0 Å². The summed E-state index contributed by atoms with van der Waals surface area (Å²) in [5.74, 6) is -0.472. The lowest BCUT2D eigenvalue weighted by atomic mass is 10.1. The number of anilines is 1. The van der Waals surface area contributed by atoms with Crippen LogP contribution in [0.1, 0.15) is 38.3 Å². The number of carbonyl (C=O) groups excluding carboxylic acids is 2. The number of ether oxygens (including phenoxy) is 1. The molecule has 1 unspecified atom stereocenters. The van der Waals surface area contributed by atoms with E-state index in [9.17, 15) is 18.0 Å². The molecule has 0 saturated heterocycles. The van der Waals surface area contributed by atoms with Crippen LogP contribution in [0.5, 0.6) is 5.75 Å². The van der Waals surface area contributed by atoms with Crippen LogP contribution in [0.3, 0.4) is 0 Å². The number of hydrogen-bond donors (Lipinski definition) is 1. The van der Waals surface area contributed by atoms with Gasteiger partial charge < -0.3 is 15.0 Å². The molecule has 1 N–H and O–H groups in total. The summed E-state index contributed by atoms with van der Waals surface area (Å²) in [6.07, 6.45) is 0.751. The normalized spacial score (nSPS) is 11.9. The predicted molar refractivity (Wildman–Crippen MR) is 153 cm³/mol. The van der Waals surface area contributed by atoms with Crippen molar-refractivity contribution >= 4 is 27.5 Å². The molecule has 2 amide bonds. The van der Waals surface area contributed by atoms with E-state index in [-0.39, 0.29) is 23.0 Å². The van der Waals surface area contributed by atoms with Gasteiger partial charge in [0.1, 0.15) is 18.3 Å². The lowest BCUT2D eigenvalue weighted by Gasteiger charge is -2.32. The van der Waals surface area contributed by atoms with Crippen molar-refractivity contribution in [3.05, 3.63) is 90.0 Å². The fourth-order valence-corrected chi connectivity index (χ4v) is 5.57. The minimum Gasteiger partial charge on any atom is -0.492 e. The molecule has 0 aliphatic carbocycles. The summed E-state index contributed by atoms with van der Waals surface area (Å²) in [7, 11) is -4.16. The average molecular weight is 552 g/mol. The van der Waals surface area contributed by atoms with E-state index in [0.717, 1.165) is 21.9 Å². The minimum atomic E-state index is -4.16. The van der Waals surface area contributed by atoms with Gasteiger partial charge in [-0.2, -0.15) is 0 Å². The number of nitrogens with one attached hydrogen (secondary N) is 1. The van der Waals surface area contributed by atoms with Gasteiger partial charge in [-0.25, -0.2) is 8.42 Å². The standard InChI is InChI=1S/C30H37N3O5S/c1-5-20-31-30(35)24(4)32(21-25-15-11-10-14-23(25)3)29(34)22-33(27-18-12-13-19-28(27)38-6-2)39(36,37)26-16-8-7-9-17-26/h7-19,24H,5-6,20-22H2,1-4H3,(H,31,35). The van der Waals surface area contributed by atoms with Crippen LogP contribution in [0, 0.1) is 6.92 Å². The molecule has 0 radical (unpaired) electrons. The maximum absolute atomic E-state index is 14.0. The first-order chi connectivity index (χ1) is 18.7. The quantitative estimate of drug-likeness (QED) is 0.337. The second-order valence-corrected chi connectivity index (χ2v) is 11.0. The molecule has 0 aliphatic rings. The van der Waals surface area contributed by atoms with Crippen LogP contribution in [0.15, 0.2) is 83.8 Å². The molecule has 3 aromatic rings. The van der Waals surface area contributed by atoms with Gasteiger partial charge in [0.05, 0.1) is 17.2 Å². The van der Waals surface area contributed by atoms with Crippen molar-refractivity contribution in [1.82, 2.24) is 10.2 Å². The molecule has 0 aliphatic heterocycles. The molecule has 9 heteroatoms. The number of nitrogens with zero attached hydrogens (tertiary/aromatic N) is 2. The van der Waals surface area contributed by atoms with E-state index in [4.69, 9.17) is 4.74 Å². The van der Waals surface area contributed by atoms with Crippen molar-refractivity contribution in [2.75, 3.05) is 24.0 Å². The minimum absolute atomic E-state index is 0.0447. The summed E-state index contributed by atoms with van der Waals surface area (Å²) < 4.78 is 34.7. The lowest BCUT2D eigenvalue weighted by Crippen LogP contribution is -2.51. The van der Waals surface area contributed by atoms with Crippen LogP contribution in [-0.2, 0) is 26.2 Å². The Morgan fingerprint density at radius 2 is 1.56 bits per heavy atom. The molecule has 3 rings (SSSR count). The third-order valence-electron chi connectivity index (χ3n) is 6.36. The number of rotatable bonds is 13. The van der Waals surface area contributed by atoms with Gasteiger partial charge in [-0.05, 0) is 62.6 Å². The van der Waals surface area contributed by atoms with Crippen LogP contribution in [0.4, 0.5) is 5.69 Å². The van der Waals surface area contributed by atoms with Crippen molar-refractivity contribution in [3.63, 3.8) is 0 Å². The van der Waals surface area contributed by atoms with Gasteiger partial charge in [0.15, 0.2) is 0 Å². The topological polar surface area (TPSA) is 96.0 Å². The van der Waals surface area contributed by atoms with E-state index in [0.29, 0.717) is 18.9 Å². The zero-order valence-corrected chi connectivity index (χ0v) is 23.8. The summed E-state index contributed by atoms with van der Waals surface area (Å²) in [5.41, 5.74) is 2.08. The van der Waals surface area contributed by atoms with Crippen LogP contribution in [0.2, 0.25) is 0 Å². The first kappa shape index (κ1) is 29.7. The Bertz CT molecular complexity index is 1360. The van der Waals surface area contributed by atoms with Gasteiger partial charge in [0.2, 0.25) is 11.8 Å². The van der Waals surface area contributed by atoms with Gasteiger partial charge in [-0.3, -0.25) is 13.9 Å². The molecular formula is C30H37N3O5S. The Labute approximate surface area is 231 Å². The molecule has 0 aromatic heterocycles. The zero-order chi connectivity index (χ0) is 28.4.